The van der Waals surface area contributed by atoms with E-state index in [1.54, 1.807) is 48.5 Å². The molecule has 7 heteroatoms. The molecule has 0 amide bonds. The Morgan fingerprint density at radius 2 is 1.21 bits per heavy atom. The SMILES string of the molecule is O=P(OC[C@H](Cl)COCc1ccccc1)(Oc1ccccc1)Oc1ccccc1. The third-order valence-electron chi connectivity index (χ3n) is 3.74. The second-order valence-corrected chi connectivity index (χ2v) is 8.28. The Kier molecular flexibility index (Phi) is 8.14. The van der Waals surface area contributed by atoms with E-state index in [1.165, 1.54) is 0 Å². The lowest BCUT2D eigenvalue weighted by Gasteiger charge is -2.20. The van der Waals surface area contributed by atoms with Crippen molar-refractivity contribution < 1.29 is 22.9 Å². The van der Waals surface area contributed by atoms with E-state index >= 15 is 0 Å². The first kappa shape index (κ1) is 21.4. The maximum Gasteiger partial charge on any atom is 0.587 e. The highest BCUT2D eigenvalue weighted by atomic mass is 35.5. The van der Waals surface area contributed by atoms with Gasteiger partial charge in [-0.25, -0.2) is 4.57 Å². The normalized spacial score (nSPS) is 12.3. The number of para-hydroxylation sites is 2. The second kappa shape index (κ2) is 11.0. The summed E-state index contributed by atoms with van der Waals surface area (Å²) < 4.78 is 35.4. The van der Waals surface area contributed by atoms with Crippen LogP contribution in [0.15, 0.2) is 91.0 Å². The van der Waals surface area contributed by atoms with E-state index in [-0.39, 0.29) is 13.2 Å². The molecule has 0 saturated carbocycles. The van der Waals surface area contributed by atoms with Crippen molar-refractivity contribution in [3.05, 3.63) is 96.6 Å². The minimum Gasteiger partial charge on any atom is -0.395 e. The van der Waals surface area contributed by atoms with Crippen LogP contribution in [-0.4, -0.2) is 18.6 Å². The van der Waals surface area contributed by atoms with Gasteiger partial charge in [-0.05, 0) is 29.8 Å². The number of rotatable bonds is 11. The molecule has 0 aromatic heterocycles. The molecule has 5 nitrogen and oxygen atoms in total. The molecule has 0 heterocycles. The van der Waals surface area contributed by atoms with Crippen molar-refractivity contribution in [3.63, 3.8) is 0 Å². The van der Waals surface area contributed by atoms with Crippen LogP contribution in [0.5, 0.6) is 11.5 Å². The van der Waals surface area contributed by atoms with Gasteiger partial charge in [0.15, 0.2) is 0 Å². The Labute approximate surface area is 175 Å². The van der Waals surface area contributed by atoms with Gasteiger partial charge in [0.05, 0.1) is 25.2 Å². The Morgan fingerprint density at radius 3 is 1.72 bits per heavy atom. The van der Waals surface area contributed by atoms with E-state index < -0.39 is 13.2 Å². The smallest absolute Gasteiger partial charge is 0.395 e. The third-order valence-corrected chi connectivity index (χ3v) is 5.33. The number of hydrogen-bond acceptors (Lipinski definition) is 5. The topological polar surface area (TPSA) is 54.0 Å². The van der Waals surface area contributed by atoms with Gasteiger partial charge in [0.25, 0.3) is 0 Å². The summed E-state index contributed by atoms with van der Waals surface area (Å²) in [5, 5.41) is -0.522. The van der Waals surface area contributed by atoms with Gasteiger partial charge in [-0.3, -0.25) is 4.52 Å². The largest absolute Gasteiger partial charge is 0.587 e. The summed E-state index contributed by atoms with van der Waals surface area (Å²) in [6, 6.07) is 27.2. The van der Waals surface area contributed by atoms with Gasteiger partial charge in [-0.2, -0.15) is 0 Å². The minimum atomic E-state index is -3.95. The van der Waals surface area contributed by atoms with Crippen molar-refractivity contribution >= 4 is 19.4 Å². The molecule has 0 spiro atoms. The summed E-state index contributed by atoms with van der Waals surface area (Å²) in [5.74, 6) is 0.747. The lowest BCUT2D eigenvalue weighted by atomic mass is 10.2. The van der Waals surface area contributed by atoms with Gasteiger partial charge in [0.2, 0.25) is 0 Å². The Balaban J connectivity index is 1.56. The summed E-state index contributed by atoms with van der Waals surface area (Å²) in [6.45, 7) is 0.600. The molecule has 0 N–H and O–H groups in total. The molecular formula is C22H22ClO5P. The zero-order valence-electron chi connectivity index (χ0n) is 15.7. The average Bonchev–Trinajstić information content (AvgIpc) is 2.74. The molecule has 3 rings (SSSR count). The van der Waals surface area contributed by atoms with Crippen LogP contribution in [0, 0.1) is 0 Å². The van der Waals surface area contributed by atoms with Crippen LogP contribution in [-0.2, 0) is 20.4 Å². The van der Waals surface area contributed by atoms with Crippen molar-refractivity contribution in [1.29, 1.82) is 0 Å². The molecule has 0 bridgehead atoms. The van der Waals surface area contributed by atoms with Crippen LogP contribution in [0.1, 0.15) is 5.56 Å². The summed E-state index contributed by atoms with van der Waals surface area (Å²) >= 11 is 6.28. The molecule has 3 aromatic carbocycles. The molecular weight excluding hydrogens is 411 g/mol. The van der Waals surface area contributed by atoms with Gasteiger partial charge in [0, 0.05) is 0 Å². The molecule has 0 aliphatic heterocycles. The Morgan fingerprint density at radius 1 is 0.724 bits per heavy atom. The molecule has 0 fully saturated rings. The number of halogens is 1. The summed E-state index contributed by atoms with van der Waals surface area (Å²) in [7, 11) is -3.95. The van der Waals surface area contributed by atoms with Gasteiger partial charge in [0.1, 0.15) is 11.5 Å². The van der Waals surface area contributed by atoms with Gasteiger partial charge < -0.3 is 13.8 Å². The quantitative estimate of drug-likeness (QED) is 0.271. The first-order valence-corrected chi connectivity index (χ1v) is 11.0. The minimum absolute atomic E-state index is 0.0622. The van der Waals surface area contributed by atoms with Crippen molar-refractivity contribution in [1.82, 2.24) is 0 Å². The number of phosphoric ester groups is 1. The van der Waals surface area contributed by atoms with Crippen molar-refractivity contribution in [3.8, 4) is 11.5 Å². The van der Waals surface area contributed by atoms with E-state index in [4.69, 9.17) is 29.9 Å². The molecule has 0 saturated heterocycles. The number of phosphoric acid groups is 1. The molecule has 0 aliphatic rings. The molecule has 29 heavy (non-hydrogen) atoms. The molecule has 152 valence electrons. The zero-order valence-corrected chi connectivity index (χ0v) is 17.4. The van der Waals surface area contributed by atoms with E-state index in [0.29, 0.717) is 18.1 Å². The number of hydrogen-bond donors (Lipinski definition) is 0. The van der Waals surface area contributed by atoms with E-state index in [2.05, 4.69) is 0 Å². The van der Waals surface area contributed by atoms with Crippen LogP contribution in [0.3, 0.4) is 0 Å². The molecule has 0 radical (unpaired) electrons. The Bertz CT molecular complexity index is 847. The number of alkyl halides is 1. The van der Waals surface area contributed by atoms with E-state index in [1.807, 2.05) is 42.5 Å². The average molecular weight is 433 g/mol. The monoisotopic (exact) mass is 432 g/mol. The summed E-state index contributed by atoms with van der Waals surface area (Å²) in [4.78, 5) is 0. The van der Waals surface area contributed by atoms with Crippen LogP contribution in [0.4, 0.5) is 0 Å². The third kappa shape index (κ3) is 7.56. The predicted octanol–water partition coefficient (Wildman–Crippen LogP) is 6.09. The maximum absolute atomic E-state index is 13.2. The number of ether oxygens (including phenoxy) is 1. The fraction of sp³-hybridized carbons (Fsp3) is 0.182. The van der Waals surface area contributed by atoms with Gasteiger partial charge >= 0.3 is 7.82 Å². The summed E-state index contributed by atoms with van der Waals surface area (Å²) in [5.41, 5.74) is 1.04. The van der Waals surface area contributed by atoms with E-state index in [0.717, 1.165) is 5.56 Å². The zero-order chi connectivity index (χ0) is 20.4. The van der Waals surface area contributed by atoms with Crippen molar-refractivity contribution in [2.24, 2.45) is 0 Å². The van der Waals surface area contributed by atoms with Crippen LogP contribution in [0.25, 0.3) is 0 Å². The first-order valence-electron chi connectivity index (χ1n) is 9.12. The molecule has 0 unspecified atom stereocenters. The maximum atomic E-state index is 13.2. The predicted molar refractivity (Wildman–Crippen MR) is 113 cm³/mol. The lowest BCUT2D eigenvalue weighted by Crippen LogP contribution is -2.17. The van der Waals surface area contributed by atoms with Crippen molar-refractivity contribution in [2.45, 2.75) is 12.0 Å². The van der Waals surface area contributed by atoms with Gasteiger partial charge in [-0.1, -0.05) is 66.7 Å². The van der Waals surface area contributed by atoms with Crippen LogP contribution < -0.4 is 9.05 Å². The number of benzene rings is 3. The summed E-state index contributed by atoms with van der Waals surface area (Å²) in [6.07, 6.45) is 0. The molecule has 1 atom stereocenters. The highest BCUT2D eigenvalue weighted by Crippen LogP contribution is 2.49. The van der Waals surface area contributed by atoms with Crippen molar-refractivity contribution in [2.75, 3.05) is 13.2 Å². The highest BCUT2D eigenvalue weighted by molar-refractivity contribution is 7.49. The van der Waals surface area contributed by atoms with Crippen LogP contribution >= 0.6 is 19.4 Å². The molecule has 0 aliphatic carbocycles. The van der Waals surface area contributed by atoms with Gasteiger partial charge in [-0.15, -0.1) is 11.6 Å². The Hall–Kier alpha value is -2.30. The molecule has 3 aromatic rings. The fourth-order valence-corrected chi connectivity index (χ4v) is 3.90. The van der Waals surface area contributed by atoms with E-state index in [9.17, 15) is 4.57 Å². The lowest BCUT2D eigenvalue weighted by molar-refractivity contribution is 0.105. The standard InChI is InChI=1S/C22H22ClO5P/c23-20(17-25-16-19-10-4-1-5-11-19)18-26-29(24,27-21-12-6-2-7-13-21)28-22-14-8-3-9-15-22/h1-15,20H,16-18H2/t20-/m1/s1. The second-order valence-electron chi connectivity index (χ2n) is 6.15. The first-order chi connectivity index (χ1) is 14.1. The van der Waals surface area contributed by atoms with Crippen LogP contribution in [0.2, 0.25) is 0 Å². The fourth-order valence-electron chi connectivity index (χ4n) is 2.39. The highest BCUT2D eigenvalue weighted by Gasteiger charge is 2.32.